The minimum Gasteiger partial charge on any atom is -0.382 e. The van der Waals surface area contributed by atoms with E-state index in [9.17, 15) is 0 Å². The van der Waals surface area contributed by atoms with Crippen LogP contribution in [0.3, 0.4) is 0 Å². The van der Waals surface area contributed by atoms with Crippen LogP contribution in [0.1, 0.15) is 31.7 Å². The Morgan fingerprint density at radius 3 is 2.74 bits per heavy atom. The minimum absolute atomic E-state index is 0.622. The van der Waals surface area contributed by atoms with Crippen LogP contribution in [0.4, 0.5) is 5.69 Å². The normalized spacial score (nSPS) is 21.1. The molecule has 3 rings (SSSR count). The summed E-state index contributed by atoms with van der Waals surface area (Å²) in [4.78, 5) is 0. The highest BCUT2D eigenvalue weighted by atomic mass is 15.0. The van der Waals surface area contributed by atoms with Crippen LogP contribution in [-0.2, 0) is 0 Å². The van der Waals surface area contributed by atoms with Gasteiger partial charge in [0.1, 0.15) is 0 Å². The lowest BCUT2D eigenvalue weighted by molar-refractivity contribution is 0.693. The van der Waals surface area contributed by atoms with E-state index in [-0.39, 0.29) is 0 Å². The molecule has 1 saturated carbocycles. The first-order chi connectivity index (χ1) is 9.33. The SMILES string of the molecule is CCCC1CC1Nc1ccc(C#N)c2ccccc12. The average molecular weight is 250 g/mol. The Kier molecular flexibility index (Phi) is 3.13. The van der Waals surface area contributed by atoms with Crippen molar-refractivity contribution in [2.24, 2.45) is 5.92 Å². The molecule has 0 aromatic heterocycles. The van der Waals surface area contributed by atoms with Gasteiger partial charge < -0.3 is 5.32 Å². The molecule has 19 heavy (non-hydrogen) atoms. The van der Waals surface area contributed by atoms with Crippen molar-refractivity contribution < 1.29 is 0 Å². The smallest absolute Gasteiger partial charge is 0.0998 e. The van der Waals surface area contributed by atoms with E-state index < -0.39 is 0 Å². The second kappa shape index (κ2) is 4.93. The van der Waals surface area contributed by atoms with Gasteiger partial charge >= 0.3 is 0 Å². The summed E-state index contributed by atoms with van der Waals surface area (Å²) in [6, 6.07) is 15.0. The third-order valence-corrected chi connectivity index (χ3v) is 3.97. The number of nitrogens with zero attached hydrogens (tertiary/aromatic N) is 1. The van der Waals surface area contributed by atoms with Gasteiger partial charge in [0.05, 0.1) is 11.6 Å². The average Bonchev–Trinajstić information content (AvgIpc) is 3.18. The molecule has 2 heteroatoms. The van der Waals surface area contributed by atoms with Gasteiger partial charge in [0, 0.05) is 22.5 Å². The number of nitrogens with one attached hydrogen (secondary N) is 1. The molecule has 0 heterocycles. The summed E-state index contributed by atoms with van der Waals surface area (Å²) in [5.41, 5.74) is 1.92. The number of rotatable bonds is 4. The lowest BCUT2D eigenvalue weighted by Crippen LogP contribution is -2.05. The molecular weight excluding hydrogens is 232 g/mol. The molecular formula is C17H18N2. The van der Waals surface area contributed by atoms with Crippen molar-refractivity contribution in [1.29, 1.82) is 5.26 Å². The molecule has 0 saturated heterocycles. The van der Waals surface area contributed by atoms with Crippen LogP contribution >= 0.6 is 0 Å². The van der Waals surface area contributed by atoms with Gasteiger partial charge in [-0.05, 0) is 30.9 Å². The molecule has 0 spiro atoms. The van der Waals surface area contributed by atoms with Crippen molar-refractivity contribution in [3.05, 3.63) is 42.0 Å². The topological polar surface area (TPSA) is 35.8 Å². The van der Waals surface area contributed by atoms with E-state index in [1.54, 1.807) is 0 Å². The molecule has 96 valence electrons. The molecule has 0 amide bonds. The quantitative estimate of drug-likeness (QED) is 0.877. The lowest BCUT2D eigenvalue weighted by atomic mass is 10.0. The molecule has 0 bridgehead atoms. The first-order valence-corrected chi connectivity index (χ1v) is 7.02. The summed E-state index contributed by atoms with van der Waals surface area (Å²) in [6.07, 6.45) is 3.85. The van der Waals surface area contributed by atoms with Crippen molar-refractivity contribution >= 4 is 16.5 Å². The highest BCUT2D eigenvalue weighted by Gasteiger charge is 2.36. The van der Waals surface area contributed by atoms with Crippen LogP contribution in [0.2, 0.25) is 0 Å². The molecule has 0 radical (unpaired) electrons. The fraction of sp³-hybridized carbons (Fsp3) is 0.353. The third kappa shape index (κ3) is 2.29. The highest BCUT2D eigenvalue weighted by Crippen LogP contribution is 2.39. The van der Waals surface area contributed by atoms with Gasteiger partial charge in [-0.15, -0.1) is 0 Å². The molecule has 0 aliphatic heterocycles. The van der Waals surface area contributed by atoms with E-state index in [1.807, 2.05) is 30.3 Å². The Morgan fingerprint density at radius 2 is 2.00 bits per heavy atom. The predicted molar refractivity (Wildman–Crippen MR) is 79.1 cm³/mol. The standard InChI is InChI=1S/C17H18N2/c1-2-5-12-10-17(12)19-16-9-8-13(11-18)14-6-3-4-7-15(14)16/h3-4,6-9,12,17,19H,2,5,10H2,1H3. The molecule has 2 aromatic carbocycles. The first-order valence-electron chi connectivity index (χ1n) is 7.02. The summed E-state index contributed by atoms with van der Waals surface area (Å²) in [7, 11) is 0. The molecule has 2 aromatic rings. The summed E-state index contributed by atoms with van der Waals surface area (Å²) >= 11 is 0. The Bertz CT molecular complexity index is 639. The lowest BCUT2D eigenvalue weighted by Gasteiger charge is -2.10. The van der Waals surface area contributed by atoms with E-state index in [0.29, 0.717) is 6.04 Å². The van der Waals surface area contributed by atoms with Crippen molar-refractivity contribution in [3.63, 3.8) is 0 Å². The molecule has 1 fully saturated rings. The van der Waals surface area contributed by atoms with Crippen LogP contribution in [-0.4, -0.2) is 6.04 Å². The van der Waals surface area contributed by atoms with E-state index in [4.69, 9.17) is 5.26 Å². The van der Waals surface area contributed by atoms with Gasteiger partial charge in [-0.2, -0.15) is 5.26 Å². The van der Waals surface area contributed by atoms with Crippen LogP contribution < -0.4 is 5.32 Å². The van der Waals surface area contributed by atoms with Crippen LogP contribution in [0.5, 0.6) is 0 Å². The zero-order valence-corrected chi connectivity index (χ0v) is 11.2. The van der Waals surface area contributed by atoms with Crippen LogP contribution in [0.15, 0.2) is 36.4 Å². The number of anilines is 1. The second-order valence-corrected chi connectivity index (χ2v) is 5.35. The zero-order valence-electron chi connectivity index (χ0n) is 11.2. The van der Waals surface area contributed by atoms with Gasteiger partial charge in [-0.3, -0.25) is 0 Å². The predicted octanol–water partition coefficient (Wildman–Crippen LogP) is 4.31. The van der Waals surface area contributed by atoms with E-state index in [1.165, 1.54) is 24.9 Å². The molecule has 1 aliphatic carbocycles. The molecule has 2 unspecified atom stereocenters. The van der Waals surface area contributed by atoms with Gasteiger partial charge in [-0.1, -0.05) is 37.6 Å². The number of hydrogen-bond donors (Lipinski definition) is 1. The monoisotopic (exact) mass is 250 g/mol. The third-order valence-electron chi connectivity index (χ3n) is 3.97. The van der Waals surface area contributed by atoms with Gasteiger partial charge in [0.2, 0.25) is 0 Å². The number of fused-ring (bicyclic) bond motifs is 1. The molecule has 1 aliphatic rings. The Labute approximate surface area is 114 Å². The van der Waals surface area contributed by atoms with Crippen molar-refractivity contribution in [2.45, 2.75) is 32.2 Å². The van der Waals surface area contributed by atoms with Crippen LogP contribution in [0.25, 0.3) is 10.8 Å². The maximum absolute atomic E-state index is 9.16. The summed E-state index contributed by atoms with van der Waals surface area (Å²) in [5, 5.41) is 15.0. The van der Waals surface area contributed by atoms with E-state index in [0.717, 1.165) is 22.3 Å². The maximum Gasteiger partial charge on any atom is 0.0998 e. The fourth-order valence-corrected chi connectivity index (χ4v) is 2.84. The zero-order chi connectivity index (χ0) is 13.2. The summed E-state index contributed by atoms with van der Waals surface area (Å²) in [6.45, 7) is 2.24. The second-order valence-electron chi connectivity index (χ2n) is 5.35. The van der Waals surface area contributed by atoms with Gasteiger partial charge in [-0.25, -0.2) is 0 Å². The number of benzene rings is 2. The first kappa shape index (κ1) is 12.0. The van der Waals surface area contributed by atoms with E-state index in [2.05, 4.69) is 24.4 Å². The summed E-state index contributed by atoms with van der Waals surface area (Å²) in [5.74, 6) is 0.833. The minimum atomic E-state index is 0.622. The molecule has 1 N–H and O–H groups in total. The van der Waals surface area contributed by atoms with Gasteiger partial charge in [0.25, 0.3) is 0 Å². The van der Waals surface area contributed by atoms with Crippen molar-refractivity contribution in [1.82, 2.24) is 0 Å². The number of nitriles is 1. The van der Waals surface area contributed by atoms with Crippen molar-refractivity contribution in [3.8, 4) is 6.07 Å². The van der Waals surface area contributed by atoms with Gasteiger partial charge in [0.15, 0.2) is 0 Å². The highest BCUT2D eigenvalue weighted by molar-refractivity contribution is 5.97. The molecule has 2 nitrogen and oxygen atoms in total. The Morgan fingerprint density at radius 1 is 1.21 bits per heavy atom. The largest absolute Gasteiger partial charge is 0.382 e. The Balaban J connectivity index is 1.91. The van der Waals surface area contributed by atoms with Crippen molar-refractivity contribution in [2.75, 3.05) is 5.32 Å². The van der Waals surface area contributed by atoms with Crippen LogP contribution in [0, 0.1) is 17.2 Å². The molecule has 2 atom stereocenters. The Hall–Kier alpha value is -2.01. The number of hydrogen-bond acceptors (Lipinski definition) is 2. The maximum atomic E-state index is 9.16. The summed E-state index contributed by atoms with van der Waals surface area (Å²) < 4.78 is 0. The van der Waals surface area contributed by atoms with E-state index >= 15 is 0 Å². The fourth-order valence-electron chi connectivity index (χ4n) is 2.84.